The number of methoxy groups -OCH3 is 1. The number of hydrogen-bond acceptors (Lipinski definition) is 5. The zero-order valence-corrected chi connectivity index (χ0v) is 10.5. The lowest BCUT2D eigenvalue weighted by Crippen LogP contribution is -2.01. The average Bonchev–Trinajstić information content (AvgIpc) is 2.34. The fraction of sp³-hybridized carbons (Fsp3) is 0.143. The van der Waals surface area contributed by atoms with Crippen LogP contribution in [0, 0.1) is 6.92 Å². The van der Waals surface area contributed by atoms with E-state index in [1.165, 1.54) is 25.3 Å². The monoisotopic (exact) mass is 260 g/mol. The highest BCUT2D eigenvalue weighted by Crippen LogP contribution is 2.24. The minimum atomic E-state index is -0.546. The highest BCUT2D eigenvalue weighted by Gasteiger charge is 2.09. The second-order valence-electron chi connectivity index (χ2n) is 4.03. The van der Waals surface area contributed by atoms with E-state index in [0.29, 0.717) is 0 Å². The lowest BCUT2D eigenvalue weighted by molar-refractivity contribution is -0.134. The summed E-state index contributed by atoms with van der Waals surface area (Å²) in [6, 6.07) is 4.34. The van der Waals surface area contributed by atoms with Crippen LogP contribution in [0.3, 0.4) is 0 Å². The van der Waals surface area contributed by atoms with Gasteiger partial charge in [-0.3, -0.25) is 4.79 Å². The largest absolute Gasteiger partial charge is 0.507 e. The number of carbonyl (C=O) groups is 1. The quantitative estimate of drug-likeness (QED) is 0.660. The Bertz CT molecular complexity index is 724. The van der Waals surface area contributed by atoms with E-state index in [9.17, 15) is 14.7 Å². The van der Waals surface area contributed by atoms with Gasteiger partial charge in [0.2, 0.25) is 0 Å². The van der Waals surface area contributed by atoms with Crippen LogP contribution in [-0.2, 0) is 9.53 Å². The van der Waals surface area contributed by atoms with Gasteiger partial charge in [0.1, 0.15) is 22.5 Å². The molecule has 0 atom stereocenters. The summed E-state index contributed by atoms with van der Waals surface area (Å²) in [7, 11) is 1.25. The molecule has 5 heteroatoms. The molecule has 2 rings (SSSR count). The van der Waals surface area contributed by atoms with Gasteiger partial charge in [0.05, 0.1) is 7.11 Å². The van der Waals surface area contributed by atoms with Crippen molar-refractivity contribution in [2.24, 2.45) is 0 Å². The third-order valence-electron chi connectivity index (χ3n) is 2.56. The molecule has 0 fully saturated rings. The predicted molar refractivity (Wildman–Crippen MR) is 69.9 cm³/mol. The summed E-state index contributed by atoms with van der Waals surface area (Å²) in [6.07, 6.45) is 2.49. The first-order valence-electron chi connectivity index (χ1n) is 5.55. The molecule has 1 N–H and O–H groups in total. The van der Waals surface area contributed by atoms with Crippen LogP contribution in [0.5, 0.6) is 5.75 Å². The maximum Gasteiger partial charge on any atom is 0.330 e. The number of carbonyl (C=O) groups excluding carboxylic acids is 1. The molecule has 98 valence electrons. The van der Waals surface area contributed by atoms with E-state index in [4.69, 9.17) is 4.42 Å². The number of esters is 1. The third kappa shape index (κ3) is 2.65. The second-order valence-corrected chi connectivity index (χ2v) is 4.03. The molecule has 2 aromatic rings. The molecule has 0 saturated heterocycles. The molecular formula is C14H12O5. The van der Waals surface area contributed by atoms with Crippen LogP contribution < -0.4 is 5.43 Å². The number of aryl methyl sites for hydroxylation is 1. The minimum absolute atomic E-state index is 0.118. The van der Waals surface area contributed by atoms with E-state index in [1.807, 2.05) is 0 Å². The normalized spacial score (nSPS) is 11.1. The van der Waals surface area contributed by atoms with Crippen LogP contribution >= 0.6 is 0 Å². The van der Waals surface area contributed by atoms with Crippen LogP contribution in [0.4, 0.5) is 0 Å². The maximum atomic E-state index is 11.9. The zero-order chi connectivity index (χ0) is 14.0. The molecule has 0 amide bonds. The Balaban J connectivity index is 2.59. The third-order valence-corrected chi connectivity index (χ3v) is 2.56. The molecular weight excluding hydrogens is 248 g/mol. The van der Waals surface area contributed by atoms with Crippen molar-refractivity contribution in [2.75, 3.05) is 7.11 Å². The molecule has 1 heterocycles. The summed E-state index contributed by atoms with van der Waals surface area (Å²) in [5.74, 6) is -0.449. The van der Waals surface area contributed by atoms with E-state index < -0.39 is 5.97 Å². The van der Waals surface area contributed by atoms with Crippen molar-refractivity contribution in [1.82, 2.24) is 0 Å². The summed E-state index contributed by atoms with van der Waals surface area (Å²) in [5, 5.41) is 9.85. The number of rotatable bonds is 2. The summed E-state index contributed by atoms with van der Waals surface area (Å²) < 4.78 is 9.89. The van der Waals surface area contributed by atoms with Crippen molar-refractivity contribution in [1.29, 1.82) is 0 Å². The molecule has 5 nitrogen and oxygen atoms in total. The number of hydrogen-bond donors (Lipinski definition) is 1. The van der Waals surface area contributed by atoms with Gasteiger partial charge >= 0.3 is 5.97 Å². The van der Waals surface area contributed by atoms with Crippen molar-refractivity contribution in [3.63, 3.8) is 0 Å². The Kier molecular flexibility index (Phi) is 3.37. The van der Waals surface area contributed by atoms with Crippen molar-refractivity contribution >= 4 is 23.0 Å². The Labute approximate surface area is 108 Å². The van der Waals surface area contributed by atoms with Crippen LogP contribution in [-0.4, -0.2) is 18.2 Å². The molecule has 0 radical (unpaired) electrons. The standard InChI is InChI=1S/C14H12O5/c1-8-5-10(15)14-11(16)7-9(19-12(14)6-8)3-4-13(17)18-2/h3-7,15H,1-2H3/b4-3-. The fourth-order valence-corrected chi connectivity index (χ4v) is 1.72. The summed E-state index contributed by atoms with van der Waals surface area (Å²) in [4.78, 5) is 22.8. The van der Waals surface area contributed by atoms with Crippen LogP contribution in [0.25, 0.3) is 17.0 Å². The SMILES string of the molecule is COC(=O)/C=C\c1cc(=O)c2c(O)cc(C)cc2o1. The first-order chi connectivity index (χ1) is 9.01. The number of ether oxygens (including phenoxy) is 1. The molecule has 0 aliphatic heterocycles. The van der Waals surface area contributed by atoms with Crippen molar-refractivity contribution in [3.8, 4) is 5.75 Å². The number of fused-ring (bicyclic) bond motifs is 1. The summed E-state index contributed by atoms with van der Waals surface area (Å²) >= 11 is 0. The van der Waals surface area contributed by atoms with Gasteiger partial charge in [0, 0.05) is 12.1 Å². The number of benzene rings is 1. The fourth-order valence-electron chi connectivity index (χ4n) is 1.72. The highest BCUT2D eigenvalue weighted by atomic mass is 16.5. The van der Waals surface area contributed by atoms with Crippen molar-refractivity contribution < 1.29 is 19.1 Å². The van der Waals surface area contributed by atoms with Gasteiger partial charge in [0.25, 0.3) is 0 Å². The van der Waals surface area contributed by atoms with Gasteiger partial charge in [0.15, 0.2) is 5.43 Å². The van der Waals surface area contributed by atoms with Crippen LogP contribution in [0.15, 0.2) is 33.5 Å². The van der Waals surface area contributed by atoms with Crippen molar-refractivity contribution in [2.45, 2.75) is 6.92 Å². The topological polar surface area (TPSA) is 76.7 Å². The minimum Gasteiger partial charge on any atom is -0.507 e. The Morgan fingerprint density at radius 3 is 2.79 bits per heavy atom. The van der Waals surface area contributed by atoms with Gasteiger partial charge in [-0.15, -0.1) is 0 Å². The van der Waals surface area contributed by atoms with E-state index in [1.54, 1.807) is 13.0 Å². The van der Waals surface area contributed by atoms with Gasteiger partial charge in [-0.25, -0.2) is 4.79 Å². The van der Waals surface area contributed by atoms with Gasteiger partial charge in [-0.05, 0) is 30.7 Å². The number of aromatic hydroxyl groups is 1. The Hall–Kier alpha value is -2.56. The molecule has 0 aliphatic carbocycles. The first-order valence-corrected chi connectivity index (χ1v) is 5.55. The Morgan fingerprint density at radius 1 is 1.37 bits per heavy atom. The molecule has 0 bridgehead atoms. The predicted octanol–water partition coefficient (Wildman–Crippen LogP) is 1.99. The zero-order valence-electron chi connectivity index (χ0n) is 10.5. The molecule has 0 saturated carbocycles. The van der Waals surface area contributed by atoms with E-state index in [2.05, 4.69) is 4.74 Å². The molecule has 0 unspecified atom stereocenters. The summed E-state index contributed by atoms with van der Waals surface area (Å²) in [5.41, 5.74) is 0.667. The molecule has 19 heavy (non-hydrogen) atoms. The van der Waals surface area contributed by atoms with E-state index >= 15 is 0 Å². The van der Waals surface area contributed by atoms with Crippen LogP contribution in [0.1, 0.15) is 11.3 Å². The van der Waals surface area contributed by atoms with E-state index in [0.717, 1.165) is 11.6 Å². The van der Waals surface area contributed by atoms with E-state index in [-0.39, 0.29) is 27.9 Å². The lowest BCUT2D eigenvalue weighted by Gasteiger charge is -2.02. The smallest absolute Gasteiger partial charge is 0.330 e. The lowest BCUT2D eigenvalue weighted by atomic mass is 10.1. The number of phenolic OH excluding ortho intramolecular Hbond substituents is 1. The van der Waals surface area contributed by atoms with Gasteiger partial charge < -0.3 is 14.3 Å². The molecule has 1 aromatic heterocycles. The van der Waals surface area contributed by atoms with Crippen molar-refractivity contribution in [3.05, 3.63) is 45.8 Å². The van der Waals surface area contributed by atoms with Crippen LogP contribution in [0.2, 0.25) is 0 Å². The summed E-state index contributed by atoms with van der Waals surface area (Å²) in [6.45, 7) is 1.77. The molecule has 0 spiro atoms. The molecule has 0 aliphatic rings. The highest BCUT2D eigenvalue weighted by molar-refractivity contribution is 5.88. The van der Waals surface area contributed by atoms with Gasteiger partial charge in [-0.2, -0.15) is 0 Å². The van der Waals surface area contributed by atoms with Gasteiger partial charge in [-0.1, -0.05) is 0 Å². The second kappa shape index (κ2) is 4.97. The average molecular weight is 260 g/mol. The first kappa shape index (κ1) is 12.9. The Morgan fingerprint density at radius 2 is 2.11 bits per heavy atom. The maximum absolute atomic E-state index is 11.9. The molecule has 1 aromatic carbocycles. The number of phenols is 1.